The predicted molar refractivity (Wildman–Crippen MR) is 169 cm³/mol. The number of para-hydroxylation sites is 2. The molecular formula is C34H36N6O2. The van der Waals surface area contributed by atoms with Crippen LogP contribution in [0.2, 0.25) is 0 Å². The molecule has 6 rings (SSSR count). The SMILES string of the molecule is CCNC(=O)C(c1ccccc1)N1CCN(c2ccc(N3C(=O)N(c4ccccc4)CN3c3ccccc3)cc2)CC1. The summed E-state index contributed by atoms with van der Waals surface area (Å²) < 4.78 is 0. The highest BCUT2D eigenvalue weighted by Gasteiger charge is 2.38. The fourth-order valence-electron chi connectivity index (χ4n) is 5.80. The quantitative estimate of drug-likeness (QED) is 0.308. The van der Waals surface area contributed by atoms with Crippen molar-refractivity contribution in [3.63, 3.8) is 0 Å². The van der Waals surface area contributed by atoms with E-state index in [9.17, 15) is 9.59 Å². The molecule has 1 unspecified atom stereocenters. The Morgan fingerprint density at radius 1 is 0.690 bits per heavy atom. The number of nitrogens with one attached hydrogen (secondary N) is 1. The molecule has 2 saturated heterocycles. The number of rotatable bonds is 8. The molecule has 4 aromatic carbocycles. The van der Waals surface area contributed by atoms with Crippen molar-refractivity contribution < 1.29 is 9.59 Å². The summed E-state index contributed by atoms with van der Waals surface area (Å²) in [5.74, 6) is 0.0456. The topological polar surface area (TPSA) is 62.4 Å². The Kier molecular flexibility index (Phi) is 8.05. The lowest BCUT2D eigenvalue weighted by molar-refractivity contribution is -0.126. The third kappa shape index (κ3) is 5.53. The van der Waals surface area contributed by atoms with Crippen LogP contribution in [0.4, 0.5) is 27.5 Å². The number of benzene rings is 4. The zero-order chi connectivity index (χ0) is 28.9. The number of carbonyl (C=O) groups is 2. The molecule has 0 spiro atoms. The van der Waals surface area contributed by atoms with E-state index in [-0.39, 0.29) is 18.0 Å². The van der Waals surface area contributed by atoms with Gasteiger partial charge >= 0.3 is 6.03 Å². The number of hydrogen-bond donors (Lipinski definition) is 1. The summed E-state index contributed by atoms with van der Waals surface area (Å²) in [6, 6.07) is 37.6. The van der Waals surface area contributed by atoms with Gasteiger partial charge in [-0.15, -0.1) is 0 Å². The van der Waals surface area contributed by atoms with Gasteiger partial charge in [0, 0.05) is 44.1 Å². The Morgan fingerprint density at radius 2 is 1.24 bits per heavy atom. The van der Waals surface area contributed by atoms with E-state index in [1.807, 2.05) is 115 Å². The molecule has 1 N–H and O–H groups in total. The van der Waals surface area contributed by atoms with E-state index in [4.69, 9.17) is 0 Å². The van der Waals surface area contributed by atoms with Crippen LogP contribution < -0.4 is 25.1 Å². The average molecular weight is 561 g/mol. The Morgan fingerprint density at radius 3 is 1.83 bits per heavy atom. The minimum Gasteiger partial charge on any atom is -0.369 e. The molecule has 0 bridgehead atoms. The Balaban J connectivity index is 1.19. The van der Waals surface area contributed by atoms with Gasteiger partial charge in [0.05, 0.1) is 11.4 Å². The van der Waals surface area contributed by atoms with Crippen LogP contribution >= 0.6 is 0 Å². The molecule has 3 amide bonds. The molecule has 2 fully saturated rings. The molecule has 42 heavy (non-hydrogen) atoms. The van der Waals surface area contributed by atoms with Gasteiger partial charge in [-0.05, 0) is 61.0 Å². The lowest BCUT2D eigenvalue weighted by Crippen LogP contribution is -2.51. The second-order valence-corrected chi connectivity index (χ2v) is 10.5. The second-order valence-electron chi connectivity index (χ2n) is 10.5. The zero-order valence-electron chi connectivity index (χ0n) is 23.8. The number of nitrogens with zero attached hydrogens (tertiary/aromatic N) is 5. The van der Waals surface area contributed by atoms with Gasteiger partial charge < -0.3 is 10.2 Å². The molecule has 4 aromatic rings. The number of urea groups is 1. The van der Waals surface area contributed by atoms with E-state index in [0.717, 1.165) is 54.5 Å². The number of likely N-dealkylation sites (N-methyl/N-ethyl adjacent to an activating group) is 1. The molecule has 0 aromatic heterocycles. The van der Waals surface area contributed by atoms with Crippen molar-refractivity contribution in [1.82, 2.24) is 10.2 Å². The monoisotopic (exact) mass is 560 g/mol. The highest BCUT2D eigenvalue weighted by atomic mass is 16.2. The van der Waals surface area contributed by atoms with Crippen molar-refractivity contribution in [2.24, 2.45) is 0 Å². The molecule has 8 heteroatoms. The van der Waals surface area contributed by atoms with Crippen LogP contribution in [0.15, 0.2) is 115 Å². The third-order valence-electron chi connectivity index (χ3n) is 7.90. The molecule has 2 heterocycles. The van der Waals surface area contributed by atoms with Crippen molar-refractivity contribution in [3.8, 4) is 0 Å². The maximum Gasteiger partial charge on any atom is 0.349 e. The third-order valence-corrected chi connectivity index (χ3v) is 7.90. The van der Waals surface area contributed by atoms with Gasteiger partial charge in [0.25, 0.3) is 0 Å². The van der Waals surface area contributed by atoms with Gasteiger partial charge in [0.15, 0.2) is 0 Å². The Labute approximate surface area is 247 Å². The van der Waals surface area contributed by atoms with Crippen LogP contribution in [0, 0.1) is 0 Å². The molecule has 8 nitrogen and oxygen atoms in total. The van der Waals surface area contributed by atoms with Gasteiger partial charge in [0.2, 0.25) is 5.91 Å². The lowest BCUT2D eigenvalue weighted by atomic mass is 10.0. The molecular weight excluding hydrogens is 524 g/mol. The summed E-state index contributed by atoms with van der Waals surface area (Å²) in [5.41, 5.74) is 4.74. The van der Waals surface area contributed by atoms with Gasteiger partial charge in [-0.3, -0.25) is 19.6 Å². The van der Waals surface area contributed by atoms with E-state index in [2.05, 4.69) is 27.2 Å². The maximum atomic E-state index is 13.8. The van der Waals surface area contributed by atoms with Crippen molar-refractivity contribution in [2.45, 2.75) is 13.0 Å². The van der Waals surface area contributed by atoms with Gasteiger partial charge in [0.1, 0.15) is 12.7 Å². The standard InChI is InChI=1S/C34H36N6O2/c1-2-35-33(41)32(27-12-6-3-7-13-27)37-24-22-36(23-25-37)28-18-20-31(21-19-28)40-34(42)38(29-14-8-4-9-15-29)26-39(40)30-16-10-5-11-17-30/h3-21,32H,2,22-26H2,1H3,(H,35,41). The molecule has 214 valence electrons. The smallest absolute Gasteiger partial charge is 0.349 e. The normalized spacial score (nSPS) is 16.5. The van der Waals surface area contributed by atoms with E-state index >= 15 is 0 Å². The van der Waals surface area contributed by atoms with Crippen LogP contribution in [0.3, 0.4) is 0 Å². The summed E-state index contributed by atoms with van der Waals surface area (Å²) in [5, 5.41) is 6.77. The van der Waals surface area contributed by atoms with Crippen LogP contribution in [0.25, 0.3) is 0 Å². The number of amides is 3. The van der Waals surface area contributed by atoms with E-state index in [1.54, 1.807) is 9.91 Å². The fraction of sp³-hybridized carbons (Fsp3) is 0.235. The maximum absolute atomic E-state index is 13.8. The number of hydrogen-bond acceptors (Lipinski definition) is 5. The van der Waals surface area contributed by atoms with Crippen molar-refractivity contribution in [1.29, 1.82) is 0 Å². The molecule has 0 radical (unpaired) electrons. The average Bonchev–Trinajstić information content (AvgIpc) is 3.40. The minimum absolute atomic E-state index is 0.0456. The highest BCUT2D eigenvalue weighted by Crippen LogP contribution is 2.33. The number of carbonyl (C=O) groups excluding carboxylic acids is 2. The Bertz CT molecular complexity index is 1480. The minimum atomic E-state index is -0.298. The molecule has 0 saturated carbocycles. The lowest BCUT2D eigenvalue weighted by Gasteiger charge is -2.40. The summed E-state index contributed by atoms with van der Waals surface area (Å²) >= 11 is 0. The van der Waals surface area contributed by atoms with Gasteiger partial charge in [-0.1, -0.05) is 66.7 Å². The van der Waals surface area contributed by atoms with Crippen molar-refractivity contribution in [2.75, 3.05) is 59.2 Å². The van der Waals surface area contributed by atoms with Crippen molar-refractivity contribution in [3.05, 3.63) is 121 Å². The largest absolute Gasteiger partial charge is 0.369 e. The Hall–Kier alpha value is -4.82. The first kappa shape index (κ1) is 27.4. The van der Waals surface area contributed by atoms with Gasteiger partial charge in [-0.2, -0.15) is 0 Å². The molecule has 0 aliphatic carbocycles. The van der Waals surface area contributed by atoms with Crippen LogP contribution in [0.1, 0.15) is 18.5 Å². The van der Waals surface area contributed by atoms with E-state index in [0.29, 0.717) is 13.2 Å². The number of piperazine rings is 1. The first-order valence-corrected chi connectivity index (χ1v) is 14.5. The second kappa shape index (κ2) is 12.4. The highest BCUT2D eigenvalue weighted by molar-refractivity contribution is 6.08. The summed E-state index contributed by atoms with van der Waals surface area (Å²) in [6.07, 6.45) is 0. The van der Waals surface area contributed by atoms with E-state index in [1.165, 1.54) is 0 Å². The van der Waals surface area contributed by atoms with Gasteiger partial charge in [-0.25, -0.2) is 9.80 Å². The summed E-state index contributed by atoms with van der Waals surface area (Å²) in [4.78, 5) is 33.2. The van der Waals surface area contributed by atoms with Crippen LogP contribution in [-0.4, -0.2) is 56.2 Å². The predicted octanol–water partition coefficient (Wildman–Crippen LogP) is 5.51. The summed E-state index contributed by atoms with van der Waals surface area (Å²) in [6.45, 7) is 6.15. The molecule has 2 aliphatic rings. The van der Waals surface area contributed by atoms with Crippen LogP contribution in [0.5, 0.6) is 0 Å². The zero-order valence-corrected chi connectivity index (χ0v) is 23.8. The first-order chi connectivity index (χ1) is 20.6. The van der Waals surface area contributed by atoms with Crippen molar-refractivity contribution >= 4 is 34.7 Å². The van der Waals surface area contributed by atoms with Crippen LogP contribution in [-0.2, 0) is 4.79 Å². The van der Waals surface area contributed by atoms with E-state index < -0.39 is 0 Å². The fourth-order valence-corrected chi connectivity index (χ4v) is 5.80. The first-order valence-electron chi connectivity index (χ1n) is 14.5. The summed E-state index contributed by atoms with van der Waals surface area (Å²) in [7, 11) is 0. The molecule has 2 aliphatic heterocycles. The number of hydrazine groups is 1. The number of anilines is 4. The molecule has 1 atom stereocenters.